The molecule has 0 bridgehead atoms. The zero-order chi connectivity index (χ0) is 19.2. The van der Waals surface area contributed by atoms with Gasteiger partial charge in [0.25, 0.3) is 5.91 Å². The minimum absolute atomic E-state index is 0.0487. The second kappa shape index (κ2) is 9.30. The molecule has 1 aromatic rings. The van der Waals surface area contributed by atoms with Crippen LogP contribution < -0.4 is 5.32 Å². The monoisotopic (exact) mass is 380 g/mol. The Morgan fingerprint density at radius 1 is 1.35 bits per heavy atom. The summed E-state index contributed by atoms with van der Waals surface area (Å²) in [5, 5.41) is 2.97. The Hall–Kier alpha value is -1.70. The lowest BCUT2D eigenvalue weighted by molar-refractivity contribution is 0.0944. The van der Waals surface area contributed by atoms with Gasteiger partial charge in [-0.2, -0.15) is 4.31 Å². The average Bonchev–Trinajstić information content (AvgIpc) is 2.66. The van der Waals surface area contributed by atoms with E-state index in [1.807, 2.05) is 6.92 Å². The maximum Gasteiger partial charge on any atom is 0.251 e. The van der Waals surface area contributed by atoms with Gasteiger partial charge in [-0.1, -0.05) is 17.7 Å². The molecule has 6 nitrogen and oxygen atoms in total. The van der Waals surface area contributed by atoms with Gasteiger partial charge < -0.3 is 10.1 Å². The number of nitrogens with zero attached hydrogens (tertiary/aromatic N) is 1. The molecule has 1 aliphatic rings. The van der Waals surface area contributed by atoms with Gasteiger partial charge in [-0.05, 0) is 50.8 Å². The summed E-state index contributed by atoms with van der Waals surface area (Å²) in [6.45, 7) is 2.52. The van der Waals surface area contributed by atoms with Crippen LogP contribution in [0.4, 0.5) is 0 Å². The predicted octanol–water partition coefficient (Wildman–Crippen LogP) is 2.57. The van der Waals surface area contributed by atoms with E-state index in [-0.39, 0.29) is 23.4 Å². The molecule has 1 atom stereocenters. The third-order valence-electron chi connectivity index (χ3n) is 4.64. The first-order valence-corrected chi connectivity index (χ1v) is 10.4. The molecule has 144 valence electrons. The van der Waals surface area contributed by atoms with Crippen molar-refractivity contribution in [1.29, 1.82) is 0 Å². The summed E-state index contributed by atoms with van der Waals surface area (Å²) < 4.78 is 31.4. The smallest absolute Gasteiger partial charge is 0.251 e. The molecule has 0 fully saturated rings. The highest BCUT2D eigenvalue weighted by Crippen LogP contribution is 2.21. The topological polar surface area (TPSA) is 75.7 Å². The molecule has 1 amide bonds. The van der Waals surface area contributed by atoms with Crippen molar-refractivity contribution in [1.82, 2.24) is 9.62 Å². The van der Waals surface area contributed by atoms with E-state index < -0.39 is 10.0 Å². The van der Waals surface area contributed by atoms with E-state index in [0.29, 0.717) is 12.2 Å². The fraction of sp³-hybridized carbons (Fsp3) is 0.526. The molecular weight excluding hydrogens is 352 g/mol. The van der Waals surface area contributed by atoms with Crippen LogP contribution >= 0.6 is 0 Å². The van der Waals surface area contributed by atoms with Crippen LogP contribution in [0.5, 0.6) is 0 Å². The number of sulfonamides is 1. The number of likely N-dealkylation sites (N-methyl/N-ethyl adjacent to an activating group) is 1. The second-order valence-corrected chi connectivity index (χ2v) is 8.61. The van der Waals surface area contributed by atoms with Crippen molar-refractivity contribution in [3.05, 3.63) is 41.5 Å². The first-order valence-electron chi connectivity index (χ1n) is 8.91. The van der Waals surface area contributed by atoms with Gasteiger partial charge in [0.2, 0.25) is 10.0 Å². The SMILES string of the molecule is COCCN(C)S(=O)(=O)c1cccc(C(=O)N[C@H](C)C2=CCCCC2)c1. The minimum Gasteiger partial charge on any atom is -0.383 e. The summed E-state index contributed by atoms with van der Waals surface area (Å²) in [4.78, 5) is 12.7. The fourth-order valence-electron chi connectivity index (χ4n) is 2.95. The number of ether oxygens (including phenoxy) is 1. The molecule has 0 radical (unpaired) electrons. The quantitative estimate of drug-likeness (QED) is 0.704. The molecule has 7 heteroatoms. The van der Waals surface area contributed by atoms with E-state index in [4.69, 9.17) is 4.74 Å². The van der Waals surface area contributed by atoms with Crippen LogP contribution in [0.25, 0.3) is 0 Å². The van der Waals surface area contributed by atoms with Crippen LogP contribution in [-0.4, -0.2) is 52.0 Å². The van der Waals surface area contributed by atoms with Gasteiger partial charge >= 0.3 is 0 Å². The van der Waals surface area contributed by atoms with Crippen molar-refractivity contribution in [2.24, 2.45) is 0 Å². The summed E-state index contributed by atoms with van der Waals surface area (Å²) in [6.07, 6.45) is 6.59. The number of hydrogen-bond acceptors (Lipinski definition) is 4. The van der Waals surface area contributed by atoms with Crippen molar-refractivity contribution >= 4 is 15.9 Å². The van der Waals surface area contributed by atoms with Gasteiger partial charge in [-0.15, -0.1) is 0 Å². The lowest BCUT2D eigenvalue weighted by Gasteiger charge is -2.21. The molecule has 0 saturated carbocycles. The van der Waals surface area contributed by atoms with Crippen LogP contribution in [0.3, 0.4) is 0 Å². The Kier molecular flexibility index (Phi) is 7.37. The third-order valence-corrected chi connectivity index (χ3v) is 6.50. The predicted molar refractivity (Wildman–Crippen MR) is 102 cm³/mol. The van der Waals surface area contributed by atoms with E-state index >= 15 is 0 Å². The first kappa shape index (κ1) is 20.6. The summed E-state index contributed by atoms with van der Waals surface area (Å²) in [6, 6.07) is 6.10. The van der Waals surface area contributed by atoms with Crippen molar-refractivity contribution in [2.75, 3.05) is 27.3 Å². The van der Waals surface area contributed by atoms with Crippen LogP contribution in [0, 0.1) is 0 Å². The molecule has 0 spiro atoms. The lowest BCUT2D eigenvalue weighted by atomic mass is 9.94. The highest BCUT2D eigenvalue weighted by atomic mass is 32.2. The third kappa shape index (κ3) is 5.16. The molecule has 0 aromatic heterocycles. The average molecular weight is 381 g/mol. The number of allylic oxidation sites excluding steroid dienone is 1. The number of rotatable bonds is 8. The number of methoxy groups -OCH3 is 1. The van der Waals surface area contributed by atoms with Gasteiger partial charge in [0, 0.05) is 32.3 Å². The van der Waals surface area contributed by atoms with Gasteiger partial charge in [0.05, 0.1) is 11.5 Å². The standard InChI is InChI=1S/C19H28N2O4S/c1-15(16-8-5-4-6-9-16)20-19(22)17-10-7-11-18(14-17)26(23,24)21(2)12-13-25-3/h7-8,10-11,14-15H,4-6,9,12-13H2,1-3H3,(H,20,22)/t15-/m1/s1. The Morgan fingerprint density at radius 2 is 2.12 bits per heavy atom. The number of benzene rings is 1. The Labute approximate surface area is 156 Å². The number of amides is 1. The highest BCUT2D eigenvalue weighted by molar-refractivity contribution is 7.89. The molecule has 1 aromatic carbocycles. The van der Waals surface area contributed by atoms with Crippen molar-refractivity contribution < 1.29 is 17.9 Å². The van der Waals surface area contributed by atoms with Crippen LogP contribution in [0.15, 0.2) is 40.8 Å². The van der Waals surface area contributed by atoms with Crippen LogP contribution in [0.2, 0.25) is 0 Å². The maximum atomic E-state index is 12.6. The van der Waals surface area contributed by atoms with Crippen molar-refractivity contribution in [3.8, 4) is 0 Å². The Morgan fingerprint density at radius 3 is 2.77 bits per heavy atom. The molecular formula is C19H28N2O4S. The second-order valence-electron chi connectivity index (χ2n) is 6.57. The summed E-state index contributed by atoms with van der Waals surface area (Å²) >= 11 is 0. The van der Waals surface area contributed by atoms with Gasteiger partial charge in [0.15, 0.2) is 0 Å². The van der Waals surface area contributed by atoms with E-state index in [0.717, 1.165) is 19.3 Å². The number of nitrogens with one attached hydrogen (secondary N) is 1. The van der Waals surface area contributed by atoms with E-state index in [2.05, 4.69) is 11.4 Å². The molecule has 0 aliphatic heterocycles. The zero-order valence-electron chi connectivity index (χ0n) is 15.7. The molecule has 1 N–H and O–H groups in total. The van der Waals surface area contributed by atoms with Crippen molar-refractivity contribution in [2.45, 2.75) is 43.5 Å². The summed E-state index contributed by atoms with van der Waals surface area (Å²) in [5.41, 5.74) is 1.59. The van der Waals surface area contributed by atoms with Crippen LogP contribution in [0.1, 0.15) is 43.0 Å². The largest absolute Gasteiger partial charge is 0.383 e. The number of carbonyl (C=O) groups excluding carboxylic acids is 1. The van der Waals surface area contributed by atoms with E-state index in [1.54, 1.807) is 12.1 Å². The first-order chi connectivity index (χ1) is 12.4. The zero-order valence-corrected chi connectivity index (χ0v) is 16.5. The molecule has 1 aliphatic carbocycles. The van der Waals surface area contributed by atoms with Crippen LogP contribution in [-0.2, 0) is 14.8 Å². The van der Waals surface area contributed by atoms with Crippen molar-refractivity contribution in [3.63, 3.8) is 0 Å². The highest BCUT2D eigenvalue weighted by Gasteiger charge is 2.22. The molecule has 0 heterocycles. The van der Waals surface area contributed by atoms with E-state index in [9.17, 15) is 13.2 Å². The Bertz CT molecular complexity index is 759. The normalized spacial score (nSPS) is 16.2. The molecule has 0 saturated heterocycles. The summed E-state index contributed by atoms with van der Waals surface area (Å²) in [5.74, 6) is -0.263. The number of carbonyl (C=O) groups is 1. The summed E-state index contributed by atoms with van der Waals surface area (Å²) in [7, 11) is -0.633. The fourth-order valence-corrected chi connectivity index (χ4v) is 4.15. The van der Waals surface area contributed by atoms with Gasteiger partial charge in [-0.3, -0.25) is 4.79 Å². The van der Waals surface area contributed by atoms with Gasteiger partial charge in [0.1, 0.15) is 0 Å². The molecule has 2 rings (SSSR count). The maximum absolute atomic E-state index is 12.6. The minimum atomic E-state index is -3.65. The van der Waals surface area contributed by atoms with Gasteiger partial charge in [-0.25, -0.2) is 8.42 Å². The number of hydrogen-bond donors (Lipinski definition) is 1. The van der Waals surface area contributed by atoms with E-state index in [1.165, 1.54) is 42.6 Å². The molecule has 0 unspecified atom stereocenters. The lowest BCUT2D eigenvalue weighted by Crippen LogP contribution is -2.34. The Balaban J connectivity index is 2.12. The molecule has 26 heavy (non-hydrogen) atoms.